The molecule has 1 N–H and O–H groups in total. The molecule has 4 nitrogen and oxygen atoms in total. The van der Waals surface area contributed by atoms with E-state index >= 15 is 0 Å². The van der Waals surface area contributed by atoms with Crippen molar-refractivity contribution in [1.82, 2.24) is 9.80 Å². The van der Waals surface area contributed by atoms with Gasteiger partial charge in [-0.3, -0.25) is 9.80 Å². The summed E-state index contributed by atoms with van der Waals surface area (Å²) < 4.78 is 5.14. The standard InChI is InChI=1S/C15H24N2O2/c1-15(18)5-8-16(10-13-4-9-19-12-13)11-14(15)17-6-2-3-7-17/h4,9,12,14,18H,2-3,5-8,10-11H2,1H3/t14-,15-/m1/s1. The van der Waals surface area contributed by atoms with Gasteiger partial charge in [0, 0.05) is 25.2 Å². The quantitative estimate of drug-likeness (QED) is 0.902. The average molecular weight is 264 g/mol. The van der Waals surface area contributed by atoms with Crippen molar-refractivity contribution in [2.45, 2.75) is 44.4 Å². The molecule has 0 aromatic carbocycles. The molecule has 106 valence electrons. The lowest BCUT2D eigenvalue weighted by molar-refractivity contribution is -0.0776. The Bertz CT molecular complexity index is 396. The Kier molecular flexibility index (Phi) is 3.65. The first-order valence-corrected chi connectivity index (χ1v) is 7.35. The maximum Gasteiger partial charge on any atom is 0.0947 e. The summed E-state index contributed by atoms with van der Waals surface area (Å²) >= 11 is 0. The van der Waals surface area contributed by atoms with E-state index in [1.807, 2.05) is 19.3 Å². The third kappa shape index (κ3) is 2.86. The number of furan rings is 1. The third-order valence-electron chi connectivity index (χ3n) is 4.65. The Morgan fingerprint density at radius 2 is 2.16 bits per heavy atom. The van der Waals surface area contributed by atoms with Gasteiger partial charge < -0.3 is 9.52 Å². The van der Waals surface area contributed by atoms with Crippen LogP contribution >= 0.6 is 0 Å². The van der Waals surface area contributed by atoms with E-state index < -0.39 is 5.60 Å². The van der Waals surface area contributed by atoms with Gasteiger partial charge in [-0.2, -0.15) is 0 Å². The Morgan fingerprint density at radius 3 is 2.84 bits per heavy atom. The van der Waals surface area contributed by atoms with Crippen molar-refractivity contribution in [2.75, 3.05) is 26.2 Å². The largest absolute Gasteiger partial charge is 0.472 e. The van der Waals surface area contributed by atoms with Crippen LogP contribution in [0.4, 0.5) is 0 Å². The predicted octanol–water partition coefficient (Wildman–Crippen LogP) is 1.70. The van der Waals surface area contributed by atoms with Crippen LogP contribution in [-0.4, -0.2) is 52.7 Å². The van der Waals surface area contributed by atoms with E-state index in [4.69, 9.17) is 4.42 Å². The Hall–Kier alpha value is -0.840. The van der Waals surface area contributed by atoms with Gasteiger partial charge in [0.05, 0.1) is 24.2 Å². The lowest BCUT2D eigenvalue weighted by Gasteiger charge is -2.46. The number of nitrogens with zero attached hydrogens (tertiary/aromatic N) is 2. The van der Waals surface area contributed by atoms with Gasteiger partial charge in [-0.05, 0) is 45.3 Å². The smallest absolute Gasteiger partial charge is 0.0947 e. The maximum absolute atomic E-state index is 10.7. The molecule has 0 spiro atoms. The molecule has 2 atom stereocenters. The van der Waals surface area contributed by atoms with Crippen LogP contribution in [0.2, 0.25) is 0 Å². The molecule has 0 aliphatic carbocycles. The summed E-state index contributed by atoms with van der Waals surface area (Å²) in [5.74, 6) is 0. The molecule has 2 fully saturated rings. The van der Waals surface area contributed by atoms with Gasteiger partial charge in [0.2, 0.25) is 0 Å². The lowest BCUT2D eigenvalue weighted by Crippen LogP contribution is -2.60. The fraction of sp³-hybridized carbons (Fsp3) is 0.733. The average Bonchev–Trinajstić information content (AvgIpc) is 3.04. The van der Waals surface area contributed by atoms with Crippen LogP contribution in [0.3, 0.4) is 0 Å². The molecule has 0 amide bonds. The van der Waals surface area contributed by atoms with Gasteiger partial charge in [-0.1, -0.05) is 0 Å². The third-order valence-corrected chi connectivity index (χ3v) is 4.65. The predicted molar refractivity (Wildman–Crippen MR) is 73.8 cm³/mol. The fourth-order valence-electron chi connectivity index (χ4n) is 3.43. The van der Waals surface area contributed by atoms with E-state index in [9.17, 15) is 5.11 Å². The second-order valence-electron chi connectivity index (χ2n) is 6.23. The Labute approximate surface area is 115 Å². The van der Waals surface area contributed by atoms with Gasteiger partial charge in [0.25, 0.3) is 0 Å². The first-order valence-electron chi connectivity index (χ1n) is 7.35. The zero-order valence-electron chi connectivity index (χ0n) is 11.7. The van der Waals surface area contributed by atoms with Crippen molar-refractivity contribution in [1.29, 1.82) is 0 Å². The van der Waals surface area contributed by atoms with Gasteiger partial charge in [-0.15, -0.1) is 0 Å². The van der Waals surface area contributed by atoms with E-state index in [1.54, 1.807) is 6.26 Å². The summed E-state index contributed by atoms with van der Waals surface area (Å²) in [5.41, 5.74) is 0.679. The van der Waals surface area contributed by atoms with E-state index in [1.165, 1.54) is 18.4 Å². The SMILES string of the molecule is C[C@@]1(O)CCN(Cc2ccoc2)C[C@H]1N1CCCC1. The van der Waals surface area contributed by atoms with Crippen LogP contribution < -0.4 is 0 Å². The van der Waals surface area contributed by atoms with E-state index in [-0.39, 0.29) is 6.04 Å². The molecular weight excluding hydrogens is 240 g/mol. The number of piperidine rings is 1. The minimum absolute atomic E-state index is 0.274. The number of hydrogen-bond donors (Lipinski definition) is 1. The van der Waals surface area contributed by atoms with E-state index in [2.05, 4.69) is 9.80 Å². The topological polar surface area (TPSA) is 39.9 Å². The summed E-state index contributed by atoms with van der Waals surface area (Å²) in [4.78, 5) is 4.91. The van der Waals surface area contributed by atoms with Crippen LogP contribution in [0.1, 0.15) is 31.7 Å². The highest BCUT2D eigenvalue weighted by Gasteiger charge is 2.41. The summed E-state index contributed by atoms with van der Waals surface area (Å²) in [7, 11) is 0. The zero-order valence-corrected chi connectivity index (χ0v) is 11.7. The molecule has 0 bridgehead atoms. The molecule has 19 heavy (non-hydrogen) atoms. The highest BCUT2D eigenvalue weighted by molar-refractivity contribution is 5.06. The Morgan fingerprint density at radius 1 is 1.37 bits per heavy atom. The monoisotopic (exact) mass is 264 g/mol. The van der Waals surface area contributed by atoms with Crippen LogP contribution in [0.5, 0.6) is 0 Å². The first-order chi connectivity index (χ1) is 9.15. The van der Waals surface area contributed by atoms with Crippen LogP contribution in [0, 0.1) is 0 Å². The highest BCUT2D eigenvalue weighted by Crippen LogP contribution is 2.29. The second-order valence-corrected chi connectivity index (χ2v) is 6.23. The molecule has 1 aromatic rings. The van der Waals surface area contributed by atoms with Crippen LogP contribution in [-0.2, 0) is 6.54 Å². The number of rotatable bonds is 3. The van der Waals surface area contributed by atoms with Gasteiger partial charge >= 0.3 is 0 Å². The highest BCUT2D eigenvalue weighted by atomic mass is 16.3. The second kappa shape index (κ2) is 5.27. The minimum atomic E-state index is -0.544. The normalized spacial score (nSPS) is 33.9. The maximum atomic E-state index is 10.7. The molecule has 2 aliphatic heterocycles. The van der Waals surface area contributed by atoms with Gasteiger partial charge in [-0.25, -0.2) is 0 Å². The molecule has 3 rings (SSSR count). The Balaban J connectivity index is 1.66. The molecule has 4 heteroatoms. The van der Waals surface area contributed by atoms with Crippen LogP contribution in [0.15, 0.2) is 23.0 Å². The molecular formula is C15H24N2O2. The van der Waals surface area contributed by atoms with E-state index in [0.29, 0.717) is 0 Å². The van der Waals surface area contributed by atoms with Crippen molar-refractivity contribution in [3.63, 3.8) is 0 Å². The minimum Gasteiger partial charge on any atom is -0.472 e. The van der Waals surface area contributed by atoms with Gasteiger partial charge in [0.1, 0.15) is 0 Å². The number of hydrogen-bond acceptors (Lipinski definition) is 4. The molecule has 0 radical (unpaired) electrons. The van der Waals surface area contributed by atoms with Crippen molar-refractivity contribution >= 4 is 0 Å². The molecule has 1 aromatic heterocycles. The number of likely N-dealkylation sites (tertiary alicyclic amines) is 2. The van der Waals surface area contributed by atoms with Crippen molar-refractivity contribution in [2.24, 2.45) is 0 Å². The van der Waals surface area contributed by atoms with Gasteiger partial charge in [0.15, 0.2) is 0 Å². The fourth-order valence-corrected chi connectivity index (χ4v) is 3.43. The molecule has 2 aliphatic rings. The molecule has 0 saturated carbocycles. The summed E-state index contributed by atoms with van der Waals surface area (Å²) in [6, 6.07) is 2.30. The van der Waals surface area contributed by atoms with Crippen molar-refractivity contribution in [3.05, 3.63) is 24.2 Å². The first kappa shape index (κ1) is 13.2. The molecule has 2 saturated heterocycles. The summed E-state index contributed by atoms with van der Waals surface area (Å²) in [6.45, 7) is 7.13. The van der Waals surface area contributed by atoms with Crippen LogP contribution in [0.25, 0.3) is 0 Å². The van der Waals surface area contributed by atoms with E-state index in [0.717, 1.165) is 39.1 Å². The molecule has 0 unspecified atom stereocenters. The van der Waals surface area contributed by atoms with Crippen molar-refractivity contribution in [3.8, 4) is 0 Å². The zero-order chi connectivity index (χ0) is 13.3. The summed E-state index contributed by atoms with van der Waals surface area (Å²) in [5, 5.41) is 10.7. The van der Waals surface area contributed by atoms with Crippen molar-refractivity contribution < 1.29 is 9.52 Å². The molecule has 3 heterocycles. The summed E-state index contributed by atoms with van der Waals surface area (Å²) in [6.07, 6.45) is 6.94. The number of aliphatic hydroxyl groups is 1. The lowest BCUT2D eigenvalue weighted by atomic mass is 9.87.